The summed E-state index contributed by atoms with van der Waals surface area (Å²) in [4.78, 5) is 20.7. The monoisotopic (exact) mass is 427 g/mol. The minimum Gasteiger partial charge on any atom is -0.318 e. The van der Waals surface area contributed by atoms with Crippen molar-refractivity contribution in [1.29, 1.82) is 0 Å². The maximum atomic E-state index is 12.1. The van der Waals surface area contributed by atoms with Gasteiger partial charge in [0, 0.05) is 39.0 Å². The summed E-state index contributed by atoms with van der Waals surface area (Å²) in [5.41, 5.74) is 8.31. The number of thioether (sulfide) groups is 1. The van der Waals surface area contributed by atoms with Crippen LogP contribution in [0.2, 0.25) is 5.02 Å². The van der Waals surface area contributed by atoms with Crippen molar-refractivity contribution in [3.8, 4) is 5.69 Å². The van der Waals surface area contributed by atoms with Gasteiger partial charge < -0.3 is 4.57 Å². The van der Waals surface area contributed by atoms with E-state index in [4.69, 9.17) is 11.6 Å². The van der Waals surface area contributed by atoms with Gasteiger partial charge in [-0.3, -0.25) is 4.79 Å². The van der Waals surface area contributed by atoms with E-state index in [1.165, 1.54) is 11.8 Å². The molecule has 29 heavy (non-hydrogen) atoms. The van der Waals surface area contributed by atoms with E-state index in [9.17, 15) is 4.79 Å². The number of aryl methyl sites for hydroxylation is 3. The van der Waals surface area contributed by atoms with Gasteiger partial charge in [0.15, 0.2) is 5.16 Å². The number of aromatic nitrogens is 3. The first kappa shape index (κ1) is 21.1. The van der Waals surface area contributed by atoms with Gasteiger partial charge in [0.25, 0.3) is 5.91 Å². The summed E-state index contributed by atoms with van der Waals surface area (Å²) in [5.74, 6) is -0.0143. The highest BCUT2D eigenvalue weighted by atomic mass is 35.5. The maximum absolute atomic E-state index is 12.1. The number of benzene rings is 1. The molecule has 3 rings (SSSR count). The third-order valence-electron chi connectivity index (χ3n) is 4.22. The van der Waals surface area contributed by atoms with Crippen molar-refractivity contribution >= 4 is 35.5 Å². The molecule has 1 N–H and O–H groups in total. The first-order valence-corrected chi connectivity index (χ1v) is 10.4. The first-order valence-electron chi connectivity index (χ1n) is 9.05. The fourth-order valence-corrected chi connectivity index (χ4v) is 3.95. The molecular formula is C21H22ClN5OS. The number of carbonyl (C=O) groups is 1. The molecule has 6 nitrogen and oxygen atoms in total. The van der Waals surface area contributed by atoms with Crippen molar-refractivity contribution in [2.45, 2.75) is 32.9 Å². The van der Waals surface area contributed by atoms with Gasteiger partial charge in [0.1, 0.15) is 0 Å². The molecule has 0 bridgehead atoms. The Labute approximate surface area is 179 Å². The van der Waals surface area contributed by atoms with Gasteiger partial charge >= 0.3 is 0 Å². The number of rotatable bonds is 6. The zero-order chi connectivity index (χ0) is 21.0. The van der Waals surface area contributed by atoms with Crippen molar-refractivity contribution in [3.63, 3.8) is 0 Å². The maximum Gasteiger partial charge on any atom is 0.250 e. The average Bonchev–Trinajstić information content (AvgIpc) is 2.93. The lowest BCUT2D eigenvalue weighted by Crippen LogP contribution is -2.19. The summed E-state index contributed by atoms with van der Waals surface area (Å²) >= 11 is 7.40. The van der Waals surface area contributed by atoms with Gasteiger partial charge in [-0.2, -0.15) is 5.10 Å². The Balaban J connectivity index is 1.63. The molecule has 3 aromatic rings. The molecule has 1 aromatic carbocycles. The average molecular weight is 428 g/mol. The lowest BCUT2D eigenvalue weighted by Gasteiger charge is -2.09. The molecule has 2 heterocycles. The zero-order valence-electron chi connectivity index (χ0n) is 16.7. The molecular weight excluding hydrogens is 406 g/mol. The van der Waals surface area contributed by atoms with Crippen LogP contribution in [0.1, 0.15) is 28.3 Å². The SMILES string of the molecule is Cc1cc(C)nc(SCC(=O)N/N=C\c2cc(C)n(-c3cccc(Cl)c3)c2C)n1. The smallest absolute Gasteiger partial charge is 0.250 e. The fourth-order valence-electron chi connectivity index (χ4n) is 3.03. The zero-order valence-corrected chi connectivity index (χ0v) is 18.3. The number of carbonyl (C=O) groups excluding carboxylic acids is 1. The van der Waals surface area contributed by atoms with Crippen LogP contribution in [0.15, 0.2) is 46.7 Å². The summed E-state index contributed by atoms with van der Waals surface area (Å²) in [6.07, 6.45) is 1.65. The van der Waals surface area contributed by atoms with E-state index in [2.05, 4.69) is 25.1 Å². The molecule has 0 unspecified atom stereocenters. The van der Waals surface area contributed by atoms with E-state index in [-0.39, 0.29) is 11.7 Å². The minimum absolute atomic E-state index is 0.196. The molecule has 1 amide bonds. The molecule has 0 aliphatic rings. The molecule has 2 aromatic heterocycles. The summed E-state index contributed by atoms with van der Waals surface area (Å²) < 4.78 is 2.10. The number of nitrogens with one attached hydrogen (secondary N) is 1. The Morgan fingerprint density at radius 3 is 2.59 bits per heavy atom. The molecule has 0 spiro atoms. The Hall–Kier alpha value is -2.64. The molecule has 0 saturated carbocycles. The minimum atomic E-state index is -0.211. The number of hydrazone groups is 1. The predicted molar refractivity (Wildman–Crippen MR) is 118 cm³/mol. The number of hydrogen-bond donors (Lipinski definition) is 1. The van der Waals surface area contributed by atoms with Gasteiger partial charge in [-0.05, 0) is 58.0 Å². The highest BCUT2D eigenvalue weighted by Crippen LogP contribution is 2.22. The van der Waals surface area contributed by atoms with Crippen LogP contribution in [0, 0.1) is 27.7 Å². The van der Waals surface area contributed by atoms with Gasteiger partial charge in [-0.25, -0.2) is 15.4 Å². The van der Waals surface area contributed by atoms with Crippen molar-refractivity contribution in [1.82, 2.24) is 20.0 Å². The number of hydrogen-bond acceptors (Lipinski definition) is 5. The van der Waals surface area contributed by atoms with Crippen LogP contribution in [-0.2, 0) is 4.79 Å². The quantitative estimate of drug-likeness (QED) is 0.274. The van der Waals surface area contributed by atoms with Gasteiger partial charge in [-0.1, -0.05) is 29.4 Å². The topological polar surface area (TPSA) is 72.2 Å². The van der Waals surface area contributed by atoms with E-state index >= 15 is 0 Å². The van der Waals surface area contributed by atoms with Crippen LogP contribution < -0.4 is 5.43 Å². The Morgan fingerprint density at radius 2 is 1.90 bits per heavy atom. The van der Waals surface area contributed by atoms with Crippen LogP contribution >= 0.6 is 23.4 Å². The summed E-state index contributed by atoms with van der Waals surface area (Å²) in [7, 11) is 0. The van der Waals surface area contributed by atoms with Crippen LogP contribution in [-0.4, -0.2) is 32.4 Å². The van der Waals surface area contributed by atoms with Crippen molar-refractivity contribution in [3.05, 3.63) is 69.8 Å². The number of halogens is 1. The van der Waals surface area contributed by atoms with Gasteiger partial charge in [0.05, 0.1) is 12.0 Å². The largest absolute Gasteiger partial charge is 0.318 e. The van der Waals surface area contributed by atoms with Crippen molar-refractivity contribution in [2.24, 2.45) is 5.10 Å². The fraction of sp³-hybridized carbons (Fsp3) is 0.238. The lowest BCUT2D eigenvalue weighted by atomic mass is 10.2. The Kier molecular flexibility index (Phi) is 6.71. The Morgan fingerprint density at radius 1 is 1.17 bits per heavy atom. The third-order valence-corrected chi connectivity index (χ3v) is 5.31. The normalized spacial score (nSPS) is 11.2. The molecule has 0 atom stereocenters. The van der Waals surface area contributed by atoms with E-state index in [1.807, 2.05) is 64.1 Å². The second kappa shape index (κ2) is 9.24. The van der Waals surface area contributed by atoms with E-state index in [1.54, 1.807) is 6.21 Å². The van der Waals surface area contributed by atoms with E-state index in [0.29, 0.717) is 10.2 Å². The second-order valence-electron chi connectivity index (χ2n) is 6.66. The van der Waals surface area contributed by atoms with E-state index in [0.717, 1.165) is 34.0 Å². The third kappa shape index (κ3) is 5.46. The summed E-state index contributed by atoms with van der Waals surface area (Å²) in [6.45, 7) is 7.83. The Bertz CT molecular complexity index is 1060. The number of amides is 1. The highest BCUT2D eigenvalue weighted by molar-refractivity contribution is 7.99. The highest BCUT2D eigenvalue weighted by Gasteiger charge is 2.10. The van der Waals surface area contributed by atoms with Crippen LogP contribution in [0.5, 0.6) is 0 Å². The van der Waals surface area contributed by atoms with Gasteiger partial charge in [-0.15, -0.1) is 0 Å². The molecule has 150 valence electrons. The van der Waals surface area contributed by atoms with Crippen molar-refractivity contribution in [2.75, 3.05) is 5.75 Å². The molecule has 0 fully saturated rings. The summed E-state index contributed by atoms with van der Waals surface area (Å²) in [5, 5.41) is 5.37. The van der Waals surface area contributed by atoms with E-state index < -0.39 is 0 Å². The molecule has 0 radical (unpaired) electrons. The van der Waals surface area contributed by atoms with Crippen LogP contribution in [0.25, 0.3) is 5.69 Å². The first-order chi connectivity index (χ1) is 13.8. The number of nitrogens with zero attached hydrogens (tertiary/aromatic N) is 4. The van der Waals surface area contributed by atoms with Crippen LogP contribution in [0.4, 0.5) is 0 Å². The predicted octanol–water partition coefficient (Wildman–Crippen LogP) is 4.40. The molecule has 0 aliphatic carbocycles. The lowest BCUT2D eigenvalue weighted by molar-refractivity contribution is -0.118. The van der Waals surface area contributed by atoms with Crippen LogP contribution in [0.3, 0.4) is 0 Å². The molecule has 0 saturated heterocycles. The summed E-state index contributed by atoms with van der Waals surface area (Å²) in [6, 6.07) is 11.6. The second-order valence-corrected chi connectivity index (χ2v) is 8.04. The molecule has 0 aliphatic heterocycles. The van der Waals surface area contributed by atoms with Gasteiger partial charge in [0.2, 0.25) is 0 Å². The van der Waals surface area contributed by atoms with Crippen molar-refractivity contribution < 1.29 is 4.79 Å². The molecule has 8 heteroatoms. The standard InChI is InChI=1S/C21H22ClN5OS/c1-13-8-14(2)25-21(24-13)29-12-20(28)26-23-11-17-9-15(3)27(16(17)4)19-7-5-6-18(22)10-19/h5-11H,12H2,1-4H3,(H,26,28)/b23-11-.